The summed E-state index contributed by atoms with van der Waals surface area (Å²) in [6.45, 7) is 0. The first-order valence-electron chi connectivity index (χ1n) is 15.6. The zero-order valence-electron chi connectivity index (χ0n) is 24.3. The Labute approximate surface area is 259 Å². The van der Waals surface area contributed by atoms with Crippen molar-refractivity contribution in [3.63, 3.8) is 0 Å². The highest BCUT2D eigenvalue weighted by Gasteiger charge is 2.50. The minimum absolute atomic E-state index is 0.468. The summed E-state index contributed by atoms with van der Waals surface area (Å²) in [4.78, 5) is 0. The highest BCUT2D eigenvalue weighted by Crippen LogP contribution is 2.61. The van der Waals surface area contributed by atoms with Crippen LogP contribution in [0, 0.1) is 0 Å². The van der Waals surface area contributed by atoms with Gasteiger partial charge in [0, 0.05) is 27.1 Å². The van der Waals surface area contributed by atoms with Crippen molar-refractivity contribution >= 4 is 43.7 Å². The van der Waals surface area contributed by atoms with Crippen LogP contribution in [-0.4, -0.2) is 4.57 Å². The van der Waals surface area contributed by atoms with Gasteiger partial charge in [0.2, 0.25) is 0 Å². The SMILES string of the molecule is c1ccc2c(c1)-c1ccccc1C21c2ccccc2-n2c3ccccc3c3cc(-c4cccc5c4oc4ccccc45)cc1c32. The molecule has 0 saturated heterocycles. The van der Waals surface area contributed by atoms with Crippen LogP contribution in [0.1, 0.15) is 22.3 Å². The summed E-state index contributed by atoms with van der Waals surface area (Å²) in [6.07, 6.45) is 0. The Balaban J connectivity index is 1.38. The van der Waals surface area contributed by atoms with E-state index in [1.165, 1.54) is 66.4 Å². The van der Waals surface area contributed by atoms with E-state index in [0.29, 0.717) is 0 Å². The smallest absolute Gasteiger partial charge is 0.143 e. The van der Waals surface area contributed by atoms with Gasteiger partial charge in [-0.2, -0.15) is 0 Å². The fraction of sp³-hybridized carbons (Fsp3) is 0.0233. The number of rotatable bonds is 1. The predicted octanol–water partition coefficient (Wildman–Crippen LogP) is 11.0. The summed E-state index contributed by atoms with van der Waals surface area (Å²) >= 11 is 0. The number of para-hydroxylation sites is 4. The molecule has 2 aromatic heterocycles. The van der Waals surface area contributed by atoms with Gasteiger partial charge in [0.1, 0.15) is 11.2 Å². The van der Waals surface area contributed by atoms with Crippen LogP contribution in [0.15, 0.2) is 156 Å². The molecule has 0 atom stereocenters. The van der Waals surface area contributed by atoms with Crippen molar-refractivity contribution in [1.82, 2.24) is 4.57 Å². The molecule has 2 nitrogen and oxygen atoms in total. The third-order valence-electron chi connectivity index (χ3n) is 10.4. The van der Waals surface area contributed by atoms with Gasteiger partial charge in [-0.15, -0.1) is 0 Å². The van der Waals surface area contributed by atoms with Gasteiger partial charge < -0.3 is 8.98 Å². The minimum Gasteiger partial charge on any atom is -0.455 e. The lowest BCUT2D eigenvalue weighted by atomic mass is 9.65. The Morgan fingerprint density at radius 1 is 0.444 bits per heavy atom. The summed E-state index contributed by atoms with van der Waals surface area (Å²) in [7, 11) is 0. The Morgan fingerprint density at radius 3 is 1.89 bits per heavy atom. The van der Waals surface area contributed by atoms with E-state index in [2.05, 4.69) is 150 Å². The molecule has 9 aromatic rings. The molecule has 2 aliphatic rings. The first kappa shape index (κ1) is 23.6. The van der Waals surface area contributed by atoms with Crippen LogP contribution in [-0.2, 0) is 5.41 Å². The number of benzene rings is 7. The van der Waals surface area contributed by atoms with E-state index in [1.807, 2.05) is 6.07 Å². The van der Waals surface area contributed by atoms with Gasteiger partial charge in [0.15, 0.2) is 0 Å². The Morgan fingerprint density at radius 2 is 1.07 bits per heavy atom. The number of hydrogen-bond acceptors (Lipinski definition) is 1. The Bertz CT molecular complexity index is 2670. The van der Waals surface area contributed by atoms with E-state index in [1.54, 1.807) is 0 Å². The van der Waals surface area contributed by atoms with Crippen LogP contribution in [0.4, 0.5) is 0 Å². The monoisotopic (exact) mass is 571 g/mol. The number of aromatic nitrogens is 1. The molecule has 3 heterocycles. The van der Waals surface area contributed by atoms with Crippen LogP contribution in [0.5, 0.6) is 0 Å². The van der Waals surface area contributed by atoms with Crippen molar-refractivity contribution in [3.05, 3.63) is 174 Å². The van der Waals surface area contributed by atoms with Crippen molar-refractivity contribution in [2.45, 2.75) is 5.41 Å². The first-order valence-corrected chi connectivity index (χ1v) is 15.6. The van der Waals surface area contributed by atoms with Gasteiger partial charge >= 0.3 is 0 Å². The summed E-state index contributed by atoms with van der Waals surface area (Å²) in [5.74, 6) is 0. The molecule has 0 unspecified atom stereocenters. The maximum Gasteiger partial charge on any atom is 0.143 e. The van der Waals surface area contributed by atoms with E-state index in [4.69, 9.17) is 4.42 Å². The van der Waals surface area contributed by atoms with Gasteiger partial charge in [0.25, 0.3) is 0 Å². The molecular formula is C43H25NO. The van der Waals surface area contributed by atoms with Crippen molar-refractivity contribution in [2.75, 3.05) is 0 Å². The second-order valence-electron chi connectivity index (χ2n) is 12.4. The van der Waals surface area contributed by atoms with E-state index in [0.717, 1.165) is 27.5 Å². The summed E-state index contributed by atoms with van der Waals surface area (Å²) in [5.41, 5.74) is 15.4. The van der Waals surface area contributed by atoms with Gasteiger partial charge in [-0.1, -0.05) is 121 Å². The van der Waals surface area contributed by atoms with Crippen molar-refractivity contribution in [3.8, 4) is 27.9 Å². The molecule has 0 N–H and O–H groups in total. The highest BCUT2D eigenvalue weighted by molar-refractivity contribution is 6.16. The minimum atomic E-state index is -0.468. The molecule has 0 fully saturated rings. The van der Waals surface area contributed by atoms with Gasteiger partial charge in [0.05, 0.1) is 22.1 Å². The molecule has 0 amide bonds. The zero-order valence-corrected chi connectivity index (χ0v) is 24.3. The predicted molar refractivity (Wildman–Crippen MR) is 184 cm³/mol. The standard InChI is InChI=1S/C43H25NO/c1-5-18-34-28(12-1)29-13-2-6-19-35(29)43(34)36-20-7-9-22-39(36)44-38-21-8-3-14-30(38)33-24-26(25-37(43)41(33)44)27-16-11-17-32-31-15-4-10-23-40(31)45-42(27)32/h1-25H. The number of hydrogen-bond donors (Lipinski definition) is 0. The Kier molecular flexibility index (Phi) is 4.29. The maximum absolute atomic E-state index is 6.61. The third-order valence-corrected chi connectivity index (χ3v) is 10.4. The number of fused-ring (bicyclic) bond motifs is 15. The molecular weight excluding hydrogens is 546 g/mol. The van der Waals surface area contributed by atoms with Crippen molar-refractivity contribution in [2.24, 2.45) is 0 Å². The van der Waals surface area contributed by atoms with E-state index in [-0.39, 0.29) is 0 Å². The van der Waals surface area contributed by atoms with Crippen LogP contribution < -0.4 is 0 Å². The largest absolute Gasteiger partial charge is 0.455 e. The van der Waals surface area contributed by atoms with E-state index >= 15 is 0 Å². The molecule has 11 rings (SSSR count). The maximum atomic E-state index is 6.61. The van der Waals surface area contributed by atoms with Gasteiger partial charge in [-0.25, -0.2) is 0 Å². The van der Waals surface area contributed by atoms with Crippen molar-refractivity contribution in [1.29, 1.82) is 0 Å². The molecule has 45 heavy (non-hydrogen) atoms. The molecule has 0 saturated carbocycles. The van der Waals surface area contributed by atoms with Crippen LogP contribution in [0.25, 0.3) is 71.7 Å². The molecule has 2 heteroatoms. The Hall–Kier alpha value is -5.86. The lowest BCUT2D eigenvalue weighted by molar-refractivity contribution is 0.670. The molecule has 0 bridgehead atoms. The summed E-state index contributed by atoms with van der Waals surface area (Å²) in [6, 6.07) is 55.8. The molecule has 1 spiro atoms. The van der Waals surface area contributed by atoms with Crippen molar-refractivity contribution < 1.29 is 4.42 Å². The average molecular weight is 572 g/mol. The molecule has 1 aliphatic carbocycles. The normalized spacial score (nSPS) is 14.0. The lowest BCUT2D eigenvalue weighted by Gasteiger charge is -2.39. The van der Waals surface area contributed by atoms with Crippen LogP contribution >= 0.6 is 0 Å². The quantitative estimate of drug-likeness (QED) is 0.192. The van der Waals surface area contributed by atoms with Gasteiger partial charge in [-0.3, -0.25) is 0 Å². The second-order valence-corrected chi connectivity index (χ2v) is 12.4. The molecule has 0 radical (unpaired) electrons. The summed E-state index contributed by atoms with van der Waals surface area (Å²) in [5, 5.41) is 4.83. The third kappa shape index (κ3) is 2.73. The number of furan rings is 1. The fourth-order valence-corrected chi connectivity index (χ4v) is 8.71. The fourth-order valence-electron chi connectivity index (χ4n) is 8.71. The second kappa shape index (κ2) is 8.19. The van der Waals surface area contributed by atoms with Crippen LogP contribution in [0.2, 0.25) is 0 Å². The van der Waals surface area contributed by atoms with Crippen LogP contribution in [0.3, 0.4) is 0 Å². The molecule has 7 aromatic carbocycles. The van der Waals surface area contributed by atoms with E-state index < -0.39 is 5.41 Å². The lowest BCUT2D eigenvalue weighted by Crippen LogP contribution is -2.33. The molecule has 208 valence electrons. The topological polar surface area (TPSA) is 18.1 Å². The van der Waals surface area contributed by atoms with E-state index in [9.17, 15) is 0 Å². The molecule has 1 aliphatic heterocycles. The van der Waals surface area contributed by atoms with Gasteiger partial charge in [-0.05, 0) is 69.3 Å². The average Bonchev–Trinajstić information content (AvgIpc) is 3.75. The first-order chi connectivity index (χ1) is 22.3. The highest BCUT2D eigenvalue weighted by atomic mass is 16.3. The number of nitrogens with zero attached hydrogens (tertiary/aromatic N) is 1. The summed E-state index contributed by atoms with van der Waals surface area (Å²) < 4.78 is 9.12. The zero-order chi connectivity index (χ0) is 29.3.